The third-order valence-corrected chi connectivity index (χ3v) is 6.26. The number of carbonyl (C=O) groups excluding carboxylic acids is 1. The maximum Gasteiger partial charge on any atom is 0.420 e. The Hall–Kier alpha value is -3.43. The van der Waals surface area contributed by atoms with E-state index in [2.05, 4.69) is 9.97 Å². The summed E-state index contributed by atoms with van der Waals surface area (Å²) in [6.07, 6.45) is 0.341. The summed E-state index contributed by atoms with van der Waals surface area (Å²) >= 11 is 0. The molecule has 2 aliphatic rings. The minimum absolute atomic E-state index is 0.0638. The number of carbonyl (C=O) groups is 1. The maximum absolute atomic E-state index is 13.8. The molecule has 0 radical (unpaired) electrons. The summed E-state index contributed by atoms with van der Waals surface area (Å²) in [7, 11) is 0. The lowest BCUT2D eigenvalue weighted by Crippen LogP contribution is -2.37. The van der Waals surface area contributed by atoms with Crippen molar-refractivity contribution in [3.8, 4) is 0 Å². The number of H-pyrrole nitrogens is 1. The quantitative estimate of drug-likeness (QED) is 0.666. The number of amides is 1. The van der Waals surface area contributed by atoms with Gasteiger partial charge in [-0.25, -0.2) is 9.78 Å². The summed E-state index contributed by atoms with van der Waals surface area (Å²) in [6.45, 7) is 4.08. The van der Waals surface area contributed by atoms with Crippen LogP contribution in [-0.4, -0.2) is 51.5 Å². The number of anilines is 1. The number of likely N-dealkylation sites (tertiary alicyclic amines) is 1. The number of nitrogens with one attached hydrogen (secondary N) is 1. The molecule has 0 saturated carbocycles. The molecule has 1 amide bonds. The SMILES string of the molecule is CCc1nc(N2CC3CN(C(=O)Cn4c(=O)oc5ccccc54)CC3C2)[nH]c(=O)c1F. The summed E-state index contributed by atoms with van der Waals surface area (Å²) in [5.41, 5.74) is 0.463. The second-order valence-corrected chi connectivity index (χ2v) is 8.15. The molecule has 10 heteroatoms. The molecule has 31 heavy (non-hydrogen) atoms. The fourth-order valence-corrected chi connectivity index (χ4v) is 4.65. The molecule has 2 saturated heterocycles. The molecule has 0 spiro atoms. The van der Waals surface area contributed by atoms with Crippen LogP contribution in [0.1, 0.15) is 12.6 Å². The van der Waals surface area contributed by atoms with E-state index in [0.29, 0.717) is 49.6 Å². The van der Waals surface area contributed by atoms with Gasteiger partial charge >= 0.3 is 5.76 Å². The van der Waals surface area contributed by atoms with Crippen LogP contribution in [0.2, 0.25) is 0 Å². The van der Waals surface area contributed by atoms with E-state index >= 15 is 0 Å². The van der Waals surface area contributed by atoms with E-state index in [0.717, 1.165) is 0 Å². The van der Waals surface area contributed by atoms with Gasteiger partial charge in [0.15, 0.2) is 5.58 Å². The third-order valence-electron chi connectivity index (χ3n) is 6.26. The molecule has 162 valence electrons. The zero-order chi connectivity index (χ0) is 21.7. The van der Waals surface area contributed by atoms with E-state index in [1.165, 1.54) is 4.57 Å². The Morgan fingerprint density at radius 2 is 1.90 bits per heavy atom. The van der Waals surface area contributed by atoms with Gasteiger partial charge in [-0.2, -0.15) is 4.39 Å². The molecule has 3 aromatic rings. The van der Waals surface area contributed by atoms with Gasteiger partial charge in [-0.15, -0.1) is 0 Å². The Balaban J connectivity index is 1.27. The Morgan fingerprint density at radius 1 is 1.19 bits per heavy atom. The zero-order valence-electron chi connectivity index (χ0n) is 17.0. The predicted octanol–water partition coefficient (Wildman–Crippen LogP) is 0.974. The number of halogens is 1. The molecule has 2 unspecified atom stereocenters. The Labute approximate surface area is 176 Å². The number of aromatic amines is 1. The second-order valence-electron chi connectivity index (χ2n) is 8.15. The monoisotopic (exact) mass is 427 g/mol. The number of aryl methyl sites for hydroxylation is 1. The fourth-order valence-electron chi connectivity index (χ4n) is 4.65. The second kappa shape index (κ2) is 7.36. The van der Waals surface area contributed by atoms with Crippen molar-refractivity contribution < 1.29 is 13.6 Å². The zero-order valence-corrected chi connectivity index (χ0v) is 17.0. The van der Waals surface area contributed by atoms with Gasteiger partial charge in [0, 0.05) is 38.0 Å². The number of nitrogens with zero attached hydrogens (tertiary/aromatic N) is 4. The van der Waals surface area contributed by atoms with Crippen LogP contribution in [0.25, 0.3) is 11.1 Å². The number of hydrogen-bond acceptors (Lipinski definition) is 6. The van der Waals surface area contributed by atoms with Gasteiger partial charge in [0.2, 0.25) is 17.7 Å². The van der Waals surface area contributed by atoms with Crippen molar-refractivity contribution >= 4 is 23.0 Å². The molecule has 2 aromatic heterocycles. The molecule has 0 aliphatic carbocycles. The van der Waals surface area contributed by atoms with Crippen LogP contribution in [-0.2, 0) is 17.8 Å². The first-order valence-corrected chi connectivity index (χ1v) is 10.3. The minimum Gasteiger partial charge on any atom is -0.408 e. The molecule has 4 heterocycles. The lowest BCUT2D eigenvalue weighted by atomic mass is 10.0. The number of hydrogen-bond donors (Lipinski definition) is 1. The molecule has 2 atom stereocenters. The lowest BCUT2D eigenvalue weighted by Gasteiger charge is -2.22. The van der Waals surface area contributed by atoms with Crippen molar-refractivity contribution in [2.75, 3.05) is 31.1 Å². The van der Waals surface area contributed by atoms with Crippen molar-refractivity contribution in [2.24, 2.45) is 11.8 Å². The average Bonchev–Trinajstić information content (AvgIpc) is 3.42. The van der Waals surface area contributed by atoms with Crippen LogP contribution >= 0.6 is 0 Å². The van der Waals surface area contributed by atoms with E-state index < -0.39 is 17.1 Å². The summed E-state index contributed by atoms with van der Waals surface area (Å²) in [4.78, 5) is 47.4. The first-order valence-electron chi connectivity index (χ1n) is 10.3. The number of fused-ring (bicyclic) bond motifs is 2. The van der Waals surface area contributed by atoms with Gasteiger partial charge in [0.1, 0.15) is 6.54 Å². The molecule has 2 fully saturated rings. The molecule has 0 bridgehead atoms. The minimum atomic E-state index is -0.829. The van der Waals surface area contributed by atoms with Crippen LogP contribution in [0.3, 0.4) is 0 Å². The van der Waals surface area contributed by atoms with Gasteiger partial charge in [-0.1, -0.05) is 19.1 Å². The van der Waals surface area contributed by atoms with Crippen molar-refractivity contribution in [1.82, 2.24) is 19.4 Å². The van der Waals surface area contributed by atoms with Crippen molar-refractivity contribution in [3.05, 3.63) is 56.7 Å². The van der Waals surface area contributed by atoms with E-state index in [1.807, 2.05) is 4.90 Å². The lowest BCUT2D eigenvalue weighted by molar-refractivity contribution is -0.131. The van der Waals surface area contributed by atoms with Crippen molar-refractivity contribution in [3.63, 3.8) is 0 Å². The predicted molar refractivity (Wildman–Crippen MR) is 110 cm³/mol. The first-order chi connectivity index (χ1) is 14.9. The average molecular weight is 427 g/mol. The number of aromatic nitrogens is 3. The summed E-state index contributed by atoms with van der Waals surface area (Å²) in [5, 5.41) is 0. The van der Waals surface area contributed by atoms with E-state index in [4.69, 9.17) is 4.42 Å². The highest BCUT2D eigenvalue weighted by Gasteiger charge is 2.42. The van der Waals surface area contributed by atoms with E-state index in [9.17, 15) is 18.8 Å². The fraction of sp³-hybridized carbons (Fsp3) is 0.429. The highest BCUT2D eigenvalue weighted by Crippen LogP contribution is 2.33. The highest BCUT2D eigenvalue weighted by atomic mass is 19.1. The largest absolute Gasteiger partial charge is 0.420 e. The molecule has 2 aliphatic heterocycles. The van der Waals surface area contributed by atoms with Crippen LogP contribution < -0.4 is 16.2 Å². The van der Waals surface area contributed by atoms with Crippen LogP contribution in [0.5, 0.6) is 0 Å². The van der Waals surface area contributed by atoms with Crippen molar-refractivity contribution in [2.45, 2.75) is 19.9 Å². The number of oxazole rings is 1. The molecule has 9 nitrogen and oxygen atoms in total. The number of rotatable bonds is 4. The normalized spacial score (nSPS) is 20.6. The summed E-state index contributed by atoms with van der Waals surface area (Å²) in [5.74, 6) is -0.671. The topological polar surface area (TPSA) is 104 Å². The Bertz CT molecular complexity index is 1260. The summed E-state index contributed by atoms with van der Waals surface area (Å²) in [6, 6.07) is 7.03. The molecular formula is C21H22FN5O4. The highest BCUT2D eigenvalue weighted by molar-refractivity contribution is 5.80. The van der Waals surface area contributed by atoms with E-state index in [1.54, 1.807) is 36.1 Å². The van der Waals surface area contributed by atoms with Crippen LogP contribution in [0.15, 0.2) is 38.3 Å². The van der Waals surface area contributed by atoms with Crippen LogP contribution in [0.4, 0.5) is 10.3 Å². The summed E-state index contributed by atoms with van der Waals surface area (Å²) < 4.78 is 20.4. The first kappa shape index (κ1) is 19.5. The van der Waals surface area contributed by atoms with Gasteiger partial charge in [-0.05, 0) is 18.6 Å². The third kappa shape index (κ3) is 3.31. The Morgan fingerprint density at radius 3 is 2.61 bits per heavy atom. The molecular weight excluding hydrogens is 405 g/mol. The maximum atomic E-state index is 13.8. The molecule has 1 aromatic carbocycles. The van der Waals surface area contributed by atoms with E-state index in [-0.39, 0.29) is 30.0 Å². The van der Waals surface area contributed by atoms with Gasteiger partial charge in [0.25, 0.3) is 5.56 Å². The number of benzene rings is 1. The van der Waals surface area contributed by atoms with Gasteiger partial charge in [0.05, 0.1) is 11.2 Å². The van der Waals surface area contributed by atoms with Crippen LogP contribution in [0, 0.1) is 17.7 Å². The number of para-hydroxylation sites is 2. The standard InChI is InChI=1S/C21H22FN5O4/c1-2-14-18(22)19(29)24-20(23-14)26-9-12-7-25(8-13(12)10-26)17(28)11-27-15-5-3-4-6-16(15)31-21(27)30/h3-6,12-13H,2,7-11H2,1H3,(H,23,24,29). The molecule has 1 N–H and O–H groups in total. The smallest absolute Gasteiger partial charge is 0.408 e. The Kier molecular flexibility index (Phi) is 4.64. The van der Waals surface area contributed by atoms with Gasteiger partial charge < -0.3 is 14.2 Å². The van der Waals surface area contributed by atoms with Gasteiger partial charge in [-0.3, -0.25) is 19.1 Å². The van der Waals surface area contributed by atoms with Crippen molar-refractivity contribution in [1.29, 1.82) is 0 Å². The molecule has 5 rings (SSSR count).